The van der Waals surface area contributed by atoms with Crippen LogP contribution in [-0.4, -0.2) is 0 Å². The van der Waals surface area contributed by atoms with Crippen LogP contribution in [0.25, 0.3) is 0 Å². The molecule has 0 saturated heterocycles. The Morgan fingerprint density at radius 2 is 1.87 bits per heavy atom. The summed E-state index contributed by atoms with van der Waals surface area (Å²) >= 11 is 0. The van der Waals surface area contributed by atoms with Crippen molar-refractivity contribution in [3.05, 3.63) is 48.0 Å². The molecule has 0 heteroatoms. The molecular formula is C15H21. The van der Waals surface area contributed by atoms with Crippen molar-refractivity contribution in [2.24, 2.45) is 5.92 Å². The van der Waals surface area contributed by atoms with E-state index in [-0.39, 0.29) is 0 Å². The molecule has 0 N–H and O–H groups in total. The van der Waals surface area contributed by atoms with Crippen molar-refractivity contribution in [1.82, 2.24) is 0 Å². The molecule has 0 unspecified atom stereocenters. The van der Waals surface area contributed by atoms with E-state index < -0.39 is 0 Å². The molecule has 81 valence electrons. The SMILES string of the molecule is [CH]=CCCCc1ccccc1CC(C)C. The van der Waals surface area contributed by atoms with Gasteiger partial charge in [0.05, 0.1) is 0 Å². The van der Waals surface area contributed by atoms with E-state index in [1.807, 2.05) is 0 Å². The van der Waals surface area contributed by atoms with Crippen molar-refractivity contribution in [2.45, 2.75) is 39.5 Å². The predicted octanol–water partition coefficient (Wildman–Crippen LogP) is 4.20. The number of allylic oxidation sites excluding steroid dienone is 1. The molecule has 0 spiro atoms. The van der Waals surface area contributed by atoms with Crippen molar-refractivity contribution in [1.29, 1.82) is 0 Å². The molecule has 0 atom stereocenters. The van der Waals surface area contributed by atoms with Gasteiger partial charge in [-0.3, -0.25) is 0 Å². The summed E-state index contributed by atoms with van der Waals surface area (Å²) in [7, 11) is 0. The van der Waals surface area contributed by atoms with Gasteiger partial charge in [-0.05, 0) is 42.7 Å². The molecule has 1 radical (unpaired) electrons. The summed E-state index contributed by atoms with van der Waals surface area (Å²) in [6.45, 7) is 9.92. The monoisotopic (exact) mass is 201 g/mol. The molecule has 0 saturated carbocycles. The van der Waals surface area contributed by atoms with Crippen LogP contribution in [0.1, 0.15) is 37.8 Å². The van der Waals surface area contributed by atoms with Crippen LogP contribution in [-0.2, 0) is 12.8 Å². The highest BCUT2D eigenvalue weighted by Crippen LogP contribution is 2.16. The maximum atomic E-state index is 5.39. The zero-order valence-corrected chi connectivity index (χ0v) is 9.87. The van der Waals surface area contributed by atoms with Gasteiger partial charge in [0.1, 0.15) is 0 Å². The van der Waals surface area contributed by atoms with Crippen LogP contribution in [0, 0.1) is 12.5 Å². The summed E-state index contributed by atoms with van der Waals surface area (Å²) in [5, 5.41) is 0. The Labute approximate surface area is 94.0 Å². The normalized spacial score (nSPS) is 10.6. The van der Waals surface area contributed by atoms with Crippen LogP contribution >= 0.6 is 0 Å². The zero-order valence-electron chi connectivity index (χ0n) is 9.87. The Bertz CT molecular complexity index is 297. The van der Waals surface area contributed by atoms with E-state index in [4.69, 9.17) is 6.58 Å². The molecular weight excluding hydrogens is 180 g/mol. The molecule has 0 fully saturated rings. The summed E-state index contributed by atoms with van der Waals surface area (Å²) < 4.78 is 0. The maximum absolute atomic E-state index is 5.39. The lowest BCUT2D eigenvalue weighted by Gasteiger charge is -2.10. The molecule has 1 rings (SSSR count). The number of benzene rings is 1. The topological polar surface area (TPSA) is 0 Å². The van der Waals surface area contributed by atoms with Crippen molar-refractivity contribution in [3.8, 4) is 0 Å². The molecule has 0 aliphatic carbocycles. The molecule has 1 aromatic rings. The highest BCUT2D eigenvalue weighted by molar-refractivity contribution is 5.27. The first-order chi connectivity index (χ1) is 7.24. The van der Waals surface area contributed by atoms with Gasteiger partial charge in [0.15, 0.2) is 0 Å². The van der Waals surface area contributed by atoms with E-state index in [2.05, 4.69) is 38.1 Å². The van der Waals surface area contributed by atoms with Gasteiger partial charge in [0.2, 0.25) is 0 Å². The predicted molar refractivity (Wildman–Crippen MR) is 66.8 cm³/mol. The average molecular weight is 201 g/mol. The first kappa shape index (κ1) is 12.0. The summed E-state index contributed by atoms with van der Waals surface area (Å²) in [5.41, 5.74) is 3.00. The van der Waals surface area contributed by atoms with E-state index in [0.717, 1.165) is 25.2 Å². The van der Waals surface area contributed by atoms with Gasteiger partial charge < -0.3 is 0 Å². The highest BCUT2D eigenvalue weighted by atomic mass is 14.1. The van der Waals surface area contributed by atoms with Crippen molar-refractivity contribution in [2.75, 3.05) is 0 Å². The third-order valence-electron chi connectivity index (χ3n) is 2.56. The Morgan fingerprint density at radius 1 is 1.20 bits per heavy atom. The fourth-order valence-electron chi connectivity index (χ4n) is 1.85. The largest absolute Gasteiger partial charge is 0.0845 e. The Balaban J connectivity index is 2.63. The van der Waals surface area contributed by atoms with Gasteiger partial charge in [0, 0.05) is 0 Å². The smallest absolute Gasteiger partial charge is 0.0253 e. The minimum Gasteiger partial charge on any atom is -0.0845 e. The molecule has 0 heterocycles. The minimum absolute atomic E-state index is 0.729. The first-order valence-electron chi connectivity index (χ1n) is 5.84. The van der Waals surface area contributed by atoms with Crippen LogP contribution in [0.3, 0.4) is 0 Å². The van der Waals surface area contributed by atoms with E-state index in [1.165, 1.54) is 17.5 Å². The molecule has 1 aromatic carbocycles. The van der Waals surface area contributed by atoms with Crippen molar-refractivity contribution in [3.63, 3.8) is 0 Å². The van der Waals surface area contributed by atoms with Crippen LogP contribution in [0.4, 0.5) is 0 Å². The molecule has 0 bridgehead atoms. The van der Waals surface area contributed by atoms with E-state index in [0.29, 0.717) is 0 Å². The lowest BCUT2D eigenvalue weighted by Crippen LogP contribution is -1.99. The van der Waals surface area contributed by atoms with E-state index >= 15 is 0 Å². The molecule has 15 heavy (non-hydrogen) atoms. The van der Waals surface area contributed by atoms with Gasteiger partial charge in [-0.2, -0.15) is 0 Å². The number of hydrogen-bond acceptors (Lipinski definition) is 0. The average Bonchev–Trinajstić information content (AvgIpc) is 2.20. The van der Waals surface area contributed by atoms with Crippen LogP contribution in [0.15, 0.2) is 30.3 Å². The minimum atomic E-state index is 0.729. The quantitative estimate of drug-likeness (QED) is 0.605. The summed E-state index contributed by atoms with van der Waals surface area (Å²) in [6, 6.07) is 8.76. The third kappa shape index (κ3) is 4.33. The van der Waals surface area contributed by atoms with Crippen LogP contribution in [0.2, 0.25) is 0 Å². The van der Waals surface area contributed by atoms with Crippen LogP contribution in [0.5, 0.6) is 0 Å². The Morgan fingerprint density at radius 3 is 2.47 bits per heavy atom. The molecule has 0 aliphatic heterocycles. The Hall–Kier alpha value is -1.04. The molecule has 0 aromatic heterocycles. The highest BCUT2D eigenvalue weighted by Gasteiger charge is 2.03. The number of unbranched alkanes of at least 4 members (excludes halogenated alkanes) is 1. The summed E-state index contributed by atoms with van der Waals surface area (Å²) in [5.74, 6) is 0.729. The lowest BCUT2D eigenvalue weighted by atomic mass is 9.95. The second-order valence-electron chi connectivity index (χ2n) is 4.49. The first-order valence-corrected chi connectivity index (χ1v) is 5.84. The van der Waals surface area contributed by atoms with Crippen molar-refractivity contribution < 1.29 is 0 Å². The van der Waals surface area contributed by atoms with E-state index in [1.54, 1.807) is 6.08 Å². The van der Waals surface area contributed by atoms with Gasteiger partial charge in [0.25, 0.3) is 0 Å². The lowest BCUT2D eigenvalue weighted by molar-refractivity contribution is 0.640. The second kappa shape index (κ2) is 6.44. The molecule has 0 aliphatic rings. The summed E-state index contributed by atoms with van der Waals surface area (Å²) in [4.78, 5) is 0. The van der Waals surface area contributed by atoms with Gasteiger partial charge in [-0.25, -0.2) is 0 Å². The fourth-order valence-corrected chi connectivity index (χ4v) is 1.85. The third-order valence-corrected chi connectivity index (χ3v) is 2.56. The molecule has 0 nitrogen and oxygen atoms in total. The van der Waals surface area contributed by atoms with Crippen LogP contribution < -0.4 is 0 Å². The van der Waals surface area contributed by atoms with E-state index in [9.17, 15) is 0 Å². The summed E-state index contributed by atoms with van der Waals surface area (Å²) in [6.07, 6.45) is 6.26. The number of aryl methyl sites for hydroxylation is 1. The maximum Gasteiger partial charge on any atom is -0.0253 e. The van der Waals surface area contributed by atoms with Crippen molar-refractivity contribution >= 4 is 0 Å². The number of hydrogen-bond donors (Lipinski definition) is 0. The van der Waals surface area contributed by atoms with Gasteiger partial charge >= 0.3 is 0 Å². The van der Waals surface area contributed by atoms with Gasteiger partial charge in [-0.1, -0.05) is 50.8 Å². The fraction of sp³-hybridized carbons (Fsp3) is 0.467. The second-order valence-corrected chi connectivity index (χ2v) is 4.49. The molecule has 0 amide bonds. The zero-order chi connectivity index (χ0) is 11.1. The van der Waals surface area contributed by atoms with Gasteiger partial charge in [-0.15, -0.1) is 0 Å². The standard InChI is InChI=1S/C15H21/c1-4-5-6-9-14-10-7-8-11-15(14)12-13(2)3/h1,4,7-8,10-11,13H,5-6,9,12H2,2-3H3. The number of rotatable bonds is 6. The Kier molecular flexibility index (Phi) is 5.17.